The molecule has 0 unspecified atom stereocenters. The summed E-state index contributed by atoms with van der Waals surface area (Å²) in [5.41, 5.74) is 2.15. The van der Waals surface area contributed by atoms with Crippen molar-refractivity contribution in [2.24, 2.45) is 0 Å². The van der Waals surface area contributed by atoms with Crippen LogP contribution >= 0.6 is 11.6 Å². The van der Waals surface area contributed by atoms with Gasteiger partial charge in [0.15, 0.2) is 0 Å². The van der Waals surface area contributed by atoms with Crippen LogP contribution in [0.4, 0.5) is 0 Å². The van der Waals surface area contributed by atoms with Crippen LogP contribution in [0.3, 0.4) is 0 Å². The van der Waals surface area contributed by atoms with Gasteiger partial charge in [0.25, 0.3) is 0 Å². The van der Waals surface area contributed by atoms with E-state index in [0.29, 0.717) is 10.8 Å². The van der Waals surface area contributed by atoms with Gasteiger partial charge in [-0.1, -0.05) is 54.1 Å². The number of phenols is 1. The molecule has 7 nitrogen and oxygen atoms in total. The van der Waals surface area contributed by atoms with Gasteiger partial charge in [-0.2, -0.15) is 0 Å². The average molecular weight is 433 g/mol. The van der Waals surface area contributed by atoms with Crippen molar-refractivity contribution >= 4 is 29.6 Å². The zero-order valence-corrected chi connectivity index (χ0v) is 17.2. The third kappa shape index (κ3) is 8.24. The molecule has 0 aromatic heterocycles. The van der Waals surface area contributed by atoms with Crippen LogP contribution in [0.25, 0.3) is 6.08 Å². The number of benzene rings is 2. The Morgan fingerprint density at radius 3 is 2.13 bits per heavy atom. The molecule has 2 aromatic carbocycles. The number of hydrogen-bond donors (Lipinski definition) is 3. The number of piperazine rings is 1. The van der Waals surface area contributed by atoms with Crippen molar-refractivity contribution in [1.29, 1.82) is 0 Å². The molecule has 1 heterocycles. The summed E-state index contributed by atoms with van der Waals surface area (Å²) >= 11 is 6.02. The zero-order chi connectivity index (χ0) is 21.9. The summed E-state index contributed by atoms with van der Waals surface area (Å²) in [5.74, 6) is -3.32. The molecular weight excluding hydrogens is 408 g/mol. The van der Waals surface area contributed by atoms with Gasteiger partial charge in [-0.15, -0.1) is 0 Å². The van der Waals surface area contributed by atoms with E-state index in [9.17, 15) is 5.11 Å². The highest BCUT2D eigenvalue weighted by atomic mass is 35.5. The molecule has 1 fully saturated rings. The van der Waals surface area contributed by atoms with Crippen LogP contribution in [0.5, 0.6) is 5.75 Å². The first-order chi connectivity index (χ1) is 14.3. The van der Waals surface area contributed by atoms with E-state index in [2.05, 4.69) is 46.2 Å². The molecule has 0 saturated carbocycles. The monoisotopic (exact) mass is 432 g/mol. The number of carboxylic acid groups (broad SMARTS) is 2. The van der Waals surface area contributed by atoms with E-state index in [1.807, 2.05) is 12.1 Å². The number of aliphatic carboxylic acids is 2. The Labute approximate surface area is 180 Å². The summed E-state index contributed by atoms with van der Waals surface area (Å²) in [6, 6.07) is 15.6. The molecule has 8 heteroatoms. The summed E-state index contributed by atoms with van der Waals surface area (Å²) in [6.45, 7) is 5.82. The van der Waals surface area contributed by atoms with Crippen molar-refractivity contribution in [3.05, 3.63) is 70.8 Å². The maximum atomic E-state index is 9.94. The summed E-state index contributed by atoms with van der Waals surface area (Å²) in [7, 11) is 0. The second-order valence-corrected chi connectivity index (χ2v) is 7.21. The largest absolute Gasteiger partial charge is 0.508 e. The number of aromatic hydroxyl groups is 1. The van der Waals surface area contributed by atoms with Gasteiger partial charge in [-0.25, -0.2) is 9.59 Å². The van der Waals surface area contributed by atoms with E-state index in [1.165, 1.54) is 5.56 Å². The highest BCUT2D eigenvalue weighted by Gasteiger charge is 2.17. The van der Waals surface area contributed by atoms with E-state index >= 15 is 0 Å². The number of hydrogen-bond acceptors (Lipinski definition) is 5. The number of carbonyl (C=O) groups is 2. The van der Waals surface area contributed by atoms with Crippen molar-refractivity contribution in [1.82, 2.24) is 9.80 Å². The van der Waals surface area contributed by atoms with Crippen molar-refractivity contribution < 1.29 is 24.9 Å². The minimum Gasteiger partial charge on any atom is -0.508 e. The second-order valence-electron chi connectivity index (χ2n) is 6.77. The number of halogens is 1. The topological polar surface area (TPSA) is 101 Å². The normalized spacial score (nSPS) is 14.8. The van der Waals surface area contributed by atoms with Crippen LogP contribution in [-0.4, -0.2) is 69.8 Å². The lowest BCUT2D eigenvalue weighted by atomic mass is 10.1. The number of phenolic OH excluding ortho intramolecular Hbond substituents is 1. The molecule has 0 aliphatic carbocycles. The van der Waals surface area contributed by atoms with Crippen LogP contribution in [0, 0.1) is 0 Å². The van der Waals surface area contributed by atoms with Crippen molar-refractivity contribution in [3.8, 4) is 5.75 Å². The first-order valence-electron chi connectivity index (χ1n) is 9.45. The Balaban J connectivity index is 0.000000469. The number of nitrogens with zero attached hydrogens (tertiary/aromatic N) is 2. The molecule has 160 valence electrons. The van der Waals surface area contributed by atoms with E-state index in [4.69, 9.17) is 31.4 Å². The molecule has 3 N–H and O–H groups in total. The van der Waals surface area contributed by atoms with Gasteiger partial charge in [0.1, 0.15) is 5.75 Å². The lowest BCUT2D eigenvalue weighted by Gasteiger charge is -2.34. The molecule has 0 bridgehead atoms. The molecule has 30 heavy (non-hydrogen) atoms. The van der Waals surface area contributed by atoms with Gasteiger partial charge in [-0.05, 0) is 23.8 Å². The molecule has 2 aromatic rings. The quantitative estimate of drug-likeness (QED) is 0.624. The van der Waals surface area contributed by atoms with Crippen molar-refractivity contribution in [2.75, 3.05) is 32.7 Å². The van der Waals surface area contributed by atoms with Gasteiger partial charge in [0.05, 0.1) is 0 Å². The van der Waals surface area contributed by atoms with Gasteiger partial charge in [-0.3, -0.25) is 9.80 Å². The van der Waals surface area contributed by atoms with Gasteiger partial charge in [0, 0.05) is 49.9 Å². The van der Waals surface area contributed by atoms with Crippen molar-refractivity contribution in [2.45, 2.75) is 6.54 Å². The Morgan fingerprint density at radius 1 is 0.933 bits per heavy atom. The van der Waals surface area contributed by atoms with Gasteiger partial charge in [0.2, 0.25) is 0 Å². The fraction of sp³-hybridized carbons (Fsp3) is 0.273. The Kier molecular flexibility index (Phi) is 9.34. The molecule has 1 aliphatic heterocycles. The van der Waals surface area contributed by atoms with Gasteiger partial charge >= 0.3 is 11.9 Å². The lowest BCUT2D eigenvalue weighted by molar-refractivity contribution is -0.159. The Bertz CT molecular complexity index is 853. The minimum absolute atomic E-state index is 0.327. The highest BCUT2D eigenvalue weighted by Crippen LogP contribution is 2.23. The molecule has 0 atom stereocenters. The number of rotatable bonds is 5. The first-order valence-corrected chi connectivity index (χ1v) is 9.83. The van der Waals surface area contributed by atoms with E-state index < -0.39 is 11.9 Å². The van der Waals surface area contributed by atoms with Crippen LogP contribution in [0.2, 0.25) is 5.02 Å². The maximum Gasteiger partial charge on any atom is 0.414 e. The molecule has 0 radical (unpaired) electrons. The van der Waals surface area contributed by atoms with Crippen molar-refractivity contribution in [3.63, 3.8) is 0 Å². The smallest absolute Gasteiger partial charge is 0.414 e. The fourth-order valence-corrected chi connectivity index (χ4v) is 3.15. The fourth-order valence-electron chi connectivity index (χ4n) is 2.95. The standard InChI is InChI=1S/C20H23ClN2O.C2H2O4/c21-19-8-9-20(24)18(15-19)16-23-13-11-22(12-14-23)10-4-7-17-5-2-1-3-6-17;3-1(4)2(5)6/h1-9,15,24H,10-14,16H2;(H,3,4)(H,5,6)/b7-4+;. The predicted octanol–water partition coefficient (Wildman–Crippen LogP) is 3.03. The van der Waals surface area contributed by atoms with E-state index in [-0.39, 0.29) is 0 Å². The highest BCUT2D eigenvalue weighted by molar-refractivity contribution is 6.30. The van der Waals surface area contributed by atoms with Crippen LogP contribution < -0.4 is 0 Å². The lowest BCUT2D eigenvalue weighted by Crippen LogP contribution is -2.45. The Morgan fingerprint density at radius 2 is 1.53 bits per heavy atom. The first kappa shape index (κ1) is 23.4. The molecular formula is C22H25ClN2O5. The van der Waals surface area contributed by atoms with Crippen LogP contribution in [-0.2, 0) is 16.1 Å². The summed E-state index contributed by atoms with van der Waals surface area (Å²) in [4.78, 5) is 23.0. The molecule has 1 saturated heterocycles. The molecule has 0 spiro atoms. The SMILES string of the molecule is O=C(O)C(=O)O.Oc1ccc(Cl)cc1CN1CCN(C/C=C/c2ccccc2)CC1. The van der Waals surface area contributed by atoms with Crippen LogP contribution in [0.15, 0.2) is 54.6 Å². The molecule has 3 rings (SSSR count). The summed E-state index contributed by atoms with van der Waals surface area (Å²) in [5, 5.41) is 25.4. The third-order valence-electron chi connectivity index (χ3n) is 4.56. The minimum atomic E-state index is -1.82. The summed E-state index contributed by atoms with van der Waals surface area (Å²) < 4.78 is 0. The zero-order valence-electron chi connectivity index (χ0n) is 16.4. The van der Waals surface area contributed by atoms with E-state index in [0.717, 1.165) is 44.8 Å². The summed E-state index contributed by atoms with van der Waals surface area (Å²) in [6.07, 6.45) is 4.41. The predicted molar refractivity (Wildman–Crippen MR) is 116 cm³/mol. The second kappa shape index (κ2) is 12.0. The number of carboxylic acids is 2. The van der Waals surface area contributed by atoms with E-state index in [1.54, 1.807) is 12.1 Å². The van der Waals surface area contributed by atoms with Crippen LogP contribution in [0.1, 0.15) is 11.1 Å². The Hall–Kier alpha value is -2.87. The average Bonchev–Trinajstić information content (AvgIpc) is 2.73. The molecule has 0 amide bonds. The third-order valence-corrected chi connectivity index (χ3v) is 4.79. The maximum absolute atomic E-state index is 9.94. The molecule has 1 aliphatic rings. The van der Waals surface area contributed by atoms with Gasteiger partial charge < -0.3 is 15.3 Å².